The van der Waals surface area contributed by atoms with Crippen LogP contribution >= 0.6 is 11.6 Å². The predicted molar refractivity (Wildman–Crippen MR) is 108 cm³/mol. The summed E-state index contributed by atoms with van der Waals surface area (Å²) in [7, 11) is 0. The van der Waals surface area contributed by atoms with Crippen molar-refractivity contribution in [3.63, 3.8) is 0 Å². The lowest BCUT2D eigenvalue weighted by Gasteiger charge is -2.30. The second-order valence-corrected chi connectivity index (χ2v) is 7.67. The summed E-state index contributed by atoms with van der Waals surface area (Å²) in [4.78, 5) is 28.5. The van der Waals surface area contributed by atoms with Gasteiger partial charge in [0.15, 0.2) is 5.69 Å². The molecule has 0 bridgehead atoms. The van der Waals surface area contributed by atoms with Crippen molar-refractivity contribution in [1.29, 1.82) is 5.26 Å². The Bertz CT molecular complexity index is 1320. The van der Waals surface area contributed by atoms with Crippen molar-refractivity contribution in [1.82, 2.24) is 35.4 Å². The minimum Gasteiger partial charge on any atom is -0.449 e. The molecule has 1 fully saturated rings. The number of nitrogens with zero attached hydrogens (tertiary/aromatic N) is 6. The van der Waals surface area contributed by atoms with Crippen LogP contribution in [0.5, 0.6) is 11.5 Å². The lowest BCUT2D eigenvalue weighted by Crippen LogP contribution is -2.55. The highest BCUT2D eigenvalue weighted by atomic mass is 35.5. The van der Waals surface area contributed by atoms with Crippen molar-refractivity contribution < 1.29 is 22.7 Å². The molecule has 1 amide bonds. The third kappa shape index (κ3) is 4.85. The van der Waals surface area contributed by atoms with Crippen LogP contribution in [-0.4, -0.2) is 36.5 Å². The predicted octanol–water partition coefficient (Wildman–Crippen LogP) is 1.81. The molecule has 34 heavy (non-hydrogen) atoms. The average molecular weight is 495 g/mol. The zero-order chi connectivity index (χ0) is 24.5. The molecule has 1 saturated heterocycles. The summed E-state index contributed by atoms with van der Waals surface area (Å²) in [6.07, 6.45) is -1.19. The van der Waals surface area contributed by atoms with Crippen molar-refractivity contribution in [2.75, 3.05) is 0 Å². The molecule has 11 nitrogen and oxygen atoms in total. The normalized spacial score (nSPS) is 18.3. The second-order valence-electron chi connectivity index (χ2n) is 7.23. The van der Waals surface area contributed by atoms with Crippen LogP contribution in [0.25, 0.3) is 0 Å². The Morgan fingerprint density at radius 1 is 1.29 bits per heavy atom. The molecule has 1 aliphatic heterocycles. The van der Waals surface area contributed by atoms with E-state index in [0.717, 1.165) is 17.0 Å². The van der Waals surface area contributed by atoms with Gasteiger partial charge in [0, 0.05) is 23.8 Å². The number of nitrogens with one attached hydrogen (secondary N) is 2. The molecule has 2 atom stereocenters. The van der Waals surface area contributed by atoms with Gasteiger partial charge in [-0.25, -0.2) is 15.1 Å². The van der Waals surface area contributed by atoms with Crippen molar-refractivity contribution >= 4 is 17.5 Å². The van der Waals surface area contributed by atoms with Gasteiger partial charge in [-0.3, -0.25) is 19.6 Å². The molecule has 0 saturated carbocycles. The van der Waals surface area contributed by atoms with E-state index in [0.29, 0.717) is 0 Å². The highest BCUT2D eigenvalue weighted by molar-refractivity contribution is 6.30. The topological polar surface area (TPSA) is 140 Å². The number of benzene rings is 1. The monoisotopic (exact) mass is 494 g/mol. The Hall–Kier alpha value is -3.96. The number of hydrazine groups is 1. The first-order chi connectivity index (χ1) is 16.2. The summed E-state index contributed by atoms with van der Waals surface area (Å²) >= 11 is 5.89. The Labute approximate surface area is 193 Å². The number of alkyl halides is 3. The molecule has 3 heterocycles. The van der Waals surface area contributed by atoms with Gasteiger partial charge < -0.3 is 4.74 Å². The van der Waals surface area contributed by atoms with Crippen LogP contribution in [0.4, 0.5) is 13.2 Å². The lowest BCUT2D eigenvalue weighted by molar-refractivity contribution is -0.142. The number of nitriles is 1. The number of amides is 1. The SMILES string of the molecule is N#Cc1cc(Cl)cc(Oc2c(C(F)(F)F)ncn(CC3CC(n4ccnn4)C(=O)NN3)c2=O)c1. The molecule has 176 valence electrons. The third-order valence-corrected chi connectivity index (χ3v) is 5.09. The molecule has 2 unspecified atom stereocenters. The number of ether oxygens (including phenoxy) is 1. The molecule has 0 spiro atoms. The van der Waals surface area contributed by atoms with Crippen LogP contribution in [0.1, 0.15) is 23.7 Å². The van der Waals surface area contributed by atoms with Crippen LogP contribution < -0.4 is 21.1 Å². The van der Waals surface area contributed by atoms with Gasteiger partial charge >= 0.3 is 6.18 Å². The molecule has 0 aliphatic carbocycles. The minimum atomic E-state index is -4.99. The van der Waals surface area contributed by atoms with E-state index in [1.54, 1.807) is 6.07 Å². The summed E-state index contributed by atoms with van der Waals surface area (Å²) in [5, 5.41) is 16.5. The summed E-state index contributed by atoms with van der Waals surface area (Å²) in [6, 6.07) is 4.09. The Morgan fingerprint density at radius 3 is 2.76 bits per heavy atom. The minimum absolute atomic E-state index is 0.0292. The molecular weight excluding hydrogens is 481 g/mol. The zero-order valence-corrected chi connectivity index (χ0v) is 17.7. The van der Waals surface area contributed by atoms with Crippen LogP contribution in [0.15, 0.2) is 41.7 Å². The first kappa shape index (κ1) is 23.2. The van der Waals surface area contributed by atoms with Crippen molar-refractivity contribution in [3.05, 3.63) is 63.6 Å². The van der Waals surface area contributed by atoms with Gasteiger partial charge in [0.1, 0.15) is 11.8 Å². The van der Waals surface area contributed by atoms with E-state index in [2.05, 4.69) is 26.1 Å². The highest BCUT2D eigenvalue weighted by Gasteiger charge is 2.39. The molecule has 3 aromatic rings. The van der Waals surface area contributed by atoms with Crippen molar-refractivity contribution in [2.24, 2.45) is 0 Å². The lowest BCUT2D eigenvalue weighted by atomic mass is 10.0. The molecule has 2 aromatic heterocycles. The largest absolute Gasteiger partial charge is 0.449 e. The fourth-order valence-electron chi connectivity index (χ4n) is 3.36. The first-order valence-electron chi connectivity index (χ1n) is 9.62. The number of hydrogen-bond donors (Lipinski definition) is 2. The Balaban J connectivity index is 1.66. The maximum atomic E-state index is 13.6. The van der Waals surface area contributed by atoms with Crippen molar-refractivity contribution in [3.8, 4) is 17.6 Å². The quantitative estimate of drug-likeness (QED) is 0.547. The molecule has 1 aromatic carbocycles. The summed E-state index contributed by atoms with van der Waals surface area (Å²) < 4.78 is 48.2. The third-order valence-electron chi connectivity index (χ3n) is 4.87. The zero-order valence-electron chi connectivity index (χ0n) is 17.0. The van der Waals surface area contributed by atoms with Crippen LogP contribution in [-0.2, 0) is 17.5 Å². The van der Waals surface area contributed by atoms with Crippen LogP contribution in [0.3, 0.4) is 0 Å². The van der Waals surface area contributed by atoms with Crippen LogP contribution in [0, 0.1) is 11.3 Å². The second kappa shape index (κ2) is 9.12. The smallest absolute Gasteiger partial charge is 0.437 e. The highest BCUT2D eigenvalue weighted by Crippen LogP contribution is 2.35. The number of aromatic nitrogens is 5. The van der Waals surface area contributed by atoms with Gasteiger partial charge in [0.05, 0.1) is 24.2 Å². The summed E-state index contributed by atoms with van der Waals surface area (Å²) in [5.74, 6) is -1.70. The summed E-state index contributed by atoms with van der Waals surface area (Å²) in [6.45, 7) is -0.148. The van der Waals surface area contributed by atoms with Gasteiger partial charge in [0.25, 0.3) is 11.5 Å². The van der Waals surface area contributed by atoms with E-state index < -0.39 is 41.2 Å². The fraction of sp³-hybridized carbons (Fsp3) is 0.263. The summed E-state index contributed by atoms with van der Waals surface area (Å²) in [5.41, 5.74) is 2.54. The van der Waals surface area contributed by atoms with E-state index in [-0.39, 0.29) is 29.3 Å². The standard InChI is InChI=1S/C19H14ClF3N8O3/c20-11-3-10(7-24)4-13(5-11)34-15-16(19(21,22)23)25-9-30(18(15)33)8-12-6-14(17(32)28-27-12)31-2-1-26-29-31/h1-5,9,12,14,27H,6,8H2,(H,28,32). The van der Waals surface area contributed by atoms with Gasteiger partial charge in [-0.1, -0.05) is 16.8 Å². The maximum Gasteiger partial charge on any atom is 0.437 e. The van der Waals surface area contributed by atoms with E-state index in [4.69, 9.17) is 21.6 Å². The van der Waals surface area contributed by atoms with Crippen molar-refractivity contribution in [2.45, 2.75) is 31.2 Å². The van der Waals surface area contributed by atoms with Gasteiger partial charge in [-0.15, -0.1) is 5.10 Å². The number of rotatable bonds is 5. The van der Waals surface area contributed by atoms with E-state index in [1.807, 2.05) is 0 Å². The average Bonchev–Trinajstić information content (AvgIpc) is 3.31. The number of hydrogen-bond acceptors (Lipinski definition) is 8. The Kier molecular flexibility index (Phi) is 6.22. The molecule has 2 N–H and O–H groups in total. The van der Waals surface area contributed by atoms with E-state index in [9.17, 15) is 22.8 Å². The number of halogens is 4. The molecule has 4 rings (SSSR count). The molecule has 0 radical (unpaired) electrons. The number of carbonyl (C=O) groups excluding carboxylic acids is 1. The first-order valence-corrected chi connectivity index (χ1v) is 10.00. The van der Waals surface area contributed by atoms with Gasteiger partial charge in [-0.05, 0) is 24.6 Å². The van der Waals surface area contributed by atoms with Gasteiger partial charge in [-0.2, -0.15) is 18.4 Å². The van der Waals surface area contributed by atoms with Gasteiger partial charge in [0.2, 0.25) is 5.75 Å². The number of carbonyl (C=O) groups is 1. The Morgan fingerprint density at radius 2 is 2.09 bits per heavy atom. The van der Waals surface area contributed by atoms with Crippen LogP contribution in [0.2, 0.25) is 5.02 Å². The fourth-order valence-corrected chi connectivity index (χ4v) is 3.58. The van der Waals surface area contributed by atoms with E-state index in [1.165, 1.54) is 29.2 Å². The molecular formula is C19H14ClF3N8O3. The van der Waals surface area contributed by atoms with E-state index >= 15 is 0 Å². The molecule has 1 aliphatic rings. The maximum absolute atomic E-state index is 13.6. The molecule has 15 heteroatoms.